The van der Waals surface area contributed by atoms with E-state index < -0.39 is 10.0 Å². The smallest absolute Gasteiger partial charge is 0.241 e. The molecule has 2 unspecified atom stereocenters. The minimum absolute atomic E-state index is 0.0265. The lowest BCUT2D eigenvalue weighted by Gasteiger charge is -2.23. The summed E-state index contributed by atoms with van der Waals surface area (Å²) in [7, 11) is -3.51. The second-order valence-corrected chi connectivity index (χ2v) is 8.00. The number of hydrogen-bond donors (Lipinski definition) is 2. The van der Waals surface area contributed by atoms with Gasteiger partial charge in [-0.25, -0.2) is 13.1 Å². The molecule has 1 aromatic carbocycles. The highest BCUT2D eigenvalue weighted by molar-refractivity contribution is 7.89. The van der Waals surface area contributed by atoms with Gasteiger partial charge >= 0.3 is 0 Å². The molecule has 118 valence electrons. The van der Waals surface area contributed by atoms with Crippen molar-refractivity contribution in [2.75, 3.05) is 5.73 Å². The van der Waals surface area contributed by atoms with Crippen molar-refractivity contribution < 1.29 is 8.42 Å². The molecule has 1 aromatic rings. The van der Waals surface area contributed by atoms with E-state index in [9.17, 15) is 8.42 Å². The van der Waals surface area contributed by atoms with E-state index in [1.54, 1.807) is 13.0 Å². The number of nitrogen functional groups attached to an aromatic ring is 1. The summed E-state index contributed by atoms with van der Waals surface area (Å²) in [6.07, 6.45) is 5.48. The molecule has 1 aliphatic rings. The van der Waals surface area contributed by atoms with Gasteiger partial charge in [-0.2, -0.15) is 0 Å². The number of hydrogen-bond acceptors (Lipinski definition) is 3. The van der Waals surface area contributed by atoms with Gasteiger partial charge in [0, 0.05) is 11.7 Å². The molecular formula is C16H26N2O2S. The lowest BCUT2D eigenvalue weighted by molar-refractivity contribution is 0.399. The fourth-order valence-corrected chi connectivity index (χ4v) is 4.80. The first-order valence-electron chi connectivity index (χ1n) is 7.70. The molecule has 2 atom stereocenters. The molecule has 0 radical (unpaired) electrons. The molecule has 0 aliphatic heterocycles. The van der Waals surface area contributed by atoms with Gasteiger partial charge in [-0.05, 0) is 55.9 Å². The van der Waals surface area contributed by atoms with Crippen LogP contribution in [0.4, 0.5) is 5.69 Å². The van der Waals surface area contributed by atoms with E-state index in [0.29, 0.717) is 22.1 Å². The highest BCUT2D eigenvalue weighted by Crippen LogP contribution is 2.27. The summed E-state index contributed by atoms with van der Waals surface area (Å²) < 4.78 is 28.3. The third kappa shape index (κ3) is 3.77. The van der Waals surface area contributed by atoms with E-state index in [1.165, 1.54) is 12.8 Å². The lowest BCUT2D eigenvalue weighted by Crippen LogP contribution is -2.39. The molecule has 0 spiro atoms. The predicted octanol–water partition coefficient (Wildman–Crippen LogP) is 3.13. The third-order valence-electron chi connectivity index (χ3n) is 4.50. The van der Waals surface area contributed by atoms with Crippen LogP contribution in [-0.4, -0.2) is 14.5 Å². The average Bonchev–Trinajstić information content (AvgIpc) is 2.59. The Bertz CT molecular complexity index is 611. The van der Waals surface area contributed by atoms with E-state index in [1.807, 2.05) is 13.0 Å². The van der Waals surface area contributed by atoms with Crippen molar-refractivity contribution in [3.63, 3.8) is 0 Å². The van der Waals surface area contributed by atoms with Gasteiger partial charge in [-0.1, -0.05) is 26.2 Å². The molecule has 0 bridgehead atoms. The van der Waals surface area contributed by atoms with Gasteiger partial charge in [0.15, 0.2) is 0 Å². The van der Waals surface area contributed by atoms with Crippen LogP contribution in [0.15, 0.2) is 17.0 Å². The van der Waals surface area contributed by atoms with Crippen LogP contribution >= 0.6 is 0 Å². The Kier molecular flexibility index (Phi) is 4.94. The molecule has 1 fully saturated rings. The first kappa shape index (κ1) is 16.3. The zero-order valence-electron chi connectivity index (χ0n) is 13.1. The third-order valence-corrected chi connectivity index (χ3v) is 6.12. The number of anilines is 1. The van der Waals surface area contributed by atoms with Gasteiger partial charge in [0.1, 0.15) is 0 Å². The van der Waals surface area contributed by atoms with Crippen LogP contribution in [0.5, 0.6) is 0 Å². The molecule has 4 nitrogen and oxygen atoms in total. The van der Waals surface area contributed by atoms with Crippen LogP contribution in [0, 0.1) is 19.8 Å². The maximum atomic E-state index is 12.7. The Labute approximate surface area is 128 Å². The number of nitrogens with one attached hydrogen (secondary N) is 1. The number of nitrogens with two attached hydrogens (primary N) is 1. The van der Waals surface area contributed by atoms with E-state index in [4.69, 9.17) is 5.73 Å². The number of rotatable bonds is 3. The second-order valence-electron chi connectivity index (χ2n) is 6.32. The molecule has 21 heavy (non-hydrogen) atoms. The topological polar surface area (TPSA) is 72.2 Å². The summed E-state index contributed by atoms with van der Waals surface area (Å²) in [5.74, 6) is 0.379. The zero-order chi connectivity index (χ0) is 15.6. The molecule has 5 heteroatoms. The molecule has 0 saturated heterocycles. The Hall–Kier alpha value is -1.07. The molecule has 0 amide bonds. The molecule has 2 rings (SSSR count). The lowest BCUT2D eigenvalue weighted by atomic mass is 9.98. The van der Waals surface area contributed by atoms with Gasteiger partial charge < -0.3 is 5.73 Å². The molecule has 1 aliphatic carbocycles. The van der Waals surface area contributed by atoms with E-state index >= 15 is 0 Å². The fraction of sp³-hybridized carbons (Fsp3) is 0.625. The second kappa shape index (κ2) is 6.36. The van der Waals surface area contributed by atoms with Gasteiger partial charge in [-0.3, -0.25) is 0 Å². The predicted molar refractivity (Wildman–Crippen MR) is 86.7 cm³/mol. The minimum Gasteiger partial charge on any atom is -0.398 e. The summed E-state index contributed by atoms with van der Waals surface area (Å²) in [6.45, 7) is 5.76. The summed E-state index contributed by atoms with van der Waals surface area (Å²) in [5, 5.41) is 0. The summed E-state index contributed by atoms with van der Waals surface area (Å²) >= 11 is 0. The van der Waals surface area contributed by atoms with Crippen LogP contribution in [0.3, 0.4) is 0 Å². The van der Waals surface area contributed by atoms with Crippen molar-refractivity contribution in [2.45, 2.75) is 63.8 Å². The molecule has 0 heterocycles. The van der Waals surface area contributed by atoms with Crippen molar-refractivity contribution in [2.24, 2.45) is 5.92 Å². The largest absolute Gasteiger partial charge is 0.398 e. The highest BCUT2D eigenvalue weighted by atomic mass is 32.2. The van der Waals surface area contributed by atoms with Gasteiger partial charge in [0.2, 0.25) is 10.0 Å². The first-order chi connectivity index (χ1) is 9.81. The summed E-state index contributed by atoms with van der Waals surface area (Å²) in [6, 6.07) is 3.54. The zero-order valence-corrected chi connectivity index (χ0v) is 14.0. The van der Waals surface area contributed by atoms with Crippen molar-refractivity contribution in [3.05, 3.63) is 23.3 Å². The Balaban J connectivity index is 2.30. The van der Waals surface area contributed by atoms with Gasteiger partial charge in [0.25, 0.3) is 0 Å². The standard InChI is InChI=1S/C16H26N2O2S/c1-11-9-14(17)13(3)16(10-11)21(19,20)18-15-8-6-4-5-7-12(15)2/h9-10,12,15,18H,4-8,17H2,1-3H3. The van der Waals surface area contributed by atoms with Crippen molar-refractivity contribution in [1.29, 1.82) is 0 Å². The van der Waals surface area contributed by atoms with Crippen LogP contribution in [0.2, 0.25) is 0 Å². The number of aryl methyl sites for hydroxylation is 1. The summed E-state index contributed by atoms with van der Waals surface area (Å²) in [4.78, 5) is 0.316. The highest BCUT2D eigenvalue weighted by Gasteiger charge is 2.27. The average molecular weight is 310 g/mol. The van der Waals surface area contributed by atoms with Gasteiger partial charge in [-0.15, -0.1) is 0 Å². The monoisotopic (exact) mass is 310 g/mol. The molecular weight excluding hydrogens is 284 g/mol. The van der Waals surface area contributed by atoms with E-state index in [2.05, 4.69) is 11.6 Å². The fourth-order valence-electron chi connectivity index (χ4n) is 3.06. The van der Waals surface area contributed by atoms with E-state index in [0.717, 1.165) is 24.8 Å². The maximum Gasteiger partial charge on any atom is 0.241 e. The molecule has 1 saturated carbocycles. The Morgan fingerprint density at radius 1 is 1.14 bits per heavy atom. The molecule has 0 aromatic heterocycles. The maximum absolute atomic E-state index is 12.7. The molecule has 3 N–H and O–H groups in total. The SMILES string of the molecule is Cc1cc(N)c(C)c(S(=O)(=O)NC2CCCCCC2C)c1. The summed E-state index contributed by atoms with van der Waals surface area (Å²) in [5.41, 5.74) is 7.94. The van der Waals surface area contributed by atoms with Crippen molar-refractivity contribution in [3.8, 4) is 0 Å². The van der Waals surface area contributed by atoms with Gasteiger partial charge in [0.05, 0.1) is 4.90 Å². The van der Waals surface area contributed by atoms with E-state index in [-0.39, 0.29) is 6.04 Å². The van der Waals surface area contributed by atoms with Crippen LogP contribution < -0.4 is 10.5 Å². The van der Waals surface area contributed by atoms with Crippen LogP contribution in [-0.2, 0) is 10.0 Å². The van der Waals surface area contributed by atoms with Crippen LogP contribution in [0.25, 0.3) is 0 Å². The van der Waals surface area contributed by atoms with Crippen molar-refractivity contribution in [1.82, 2.24) is 4.72 Å². The Morgan fingerprint density at radius 3 is 2.52 bits per heavy atom. The normalized spacial score (nSPS) is 23.8. The quantitative estimate of drug-likeness (QED) is 0.665. The minimum atomic E-state index is -3.51. The van der Waals surface area contributed by atoms with Crippen molar-refractivity contribution >= 4 is 15.7 Å². The van der Waals surface area contributed by atoms with Crippen LogP contribution in [0.1, 0.15) is 50.2 Å². The first-order valence-corrected chi connectivity index (χ1v) is 9.18. The number of sulfonamides is 1. The Morgan fingerprint density at radius 2 is 1.81 bits per heavy atom. The number of benzene rings is 1.